The van der Waals surface area contributed by atoms with E-state index in [4.69, 9.17) is 18.0 Å². The number of nitrogens with one attached hydrogen (secondary N) is 1. The number of fused-ring (bicyclic) bond motifs is 1. The highest BCUT2D eigenvalue weighted by Crippen LogP contribution is 2.36. The van der Waals surface area contributed by atoms with Crippen molar-refractivity contribution in [1.29, 1.82) is 0 Å². The second kappa shape index (κ2) is 5.13. The Balaban J connectivity index is 1.96. The largest absolute Gasteiger partial charge is 0.326 e. The lowest BCUT2D eigenvalue weighted by atomic mass is 9.82. The van der Waals surface area contributed by atoms with Gasteiger partial charge < -0.3 is 5.73 Å². The van der Waals surface area contributed by atoms with E-state index in [1.165, 1.54) is 0 Å². The minimum Gasteiger partial charge on any atom is -0.326 e. The summed E-state index contributed by atoms with van der Waals surface area (Å²) in [5, 5.41) is 2.29. The zero-order valence-corrected chi connectivity index (χ0v) is 12.0. The second-order valence-corrected chi connectivity index (χ2v) is 5.79. The van der Waals surface area contributed by atoms with Crippen LogP contribution in [-0.4, -0.2) is 22.5 Å². The zero-order chi connectivity index (χ0) is 15.1. The highest BCUT2D eigenvalue weighted by molar-refractivity contribution is 7.81. The third-order valence-electron chi connectivity index (χ3n) is 4.10. The van der Waals surface area contributed by atoms with Crippen LogP contribution in [0.1, 0.15) is 34.3 Å². The Morgan fingerprint density at radius 1 is 1.24 bits per heavy atom. The molecule has 108 valence electrons. The molecule has 1 fully saturated rings. The van der Waals surface area contributed by atoms with Gasteiger partial charge in [0.1, 0.15) is 0 Å². The molecule has 6 heteroatoms. The van der Waals surface area contributed by atoms with Gasteiger partial charge in [0, 0.05) is 23.4 Å². The lowest BCUT2D eigenvalue weighted by Crippen LogP contribution is -2.45. The van der Waals surface area contributed by atoms with E-state index < -0.39 is 17.7 Å². The monoisotopic (exact) mass is 302 g/mol. The van der Waals surface area contributed by atoms with Crippen LogP contribution in [0.25, 0.3) is 0 Å². The predicted molar refractivity (Wildman–Crippen MR) is 79.7 cm³/mol. The van der Waals surface area contributed by atoms with Crippen molar-refractivity contribution in [2.24, 2.45) is 17.6 Å². The molecular formula is C15H14N2O3S. The first kappa shape index (κ1) is 14.0. The van der Waals surface area contributed by atoms with Gasteiger partial charge in [0.15, 0.2) is 5.78 Å². The third-order valence-corrected chi connectivity index (χ3v) is 4.57. The molecule has 0 bridgehead atoms. The molecule has 0 saturated carbocycles. The number of ketones is 1. The summed E-state index contributed by atoms with van der Waals surface area (Å²) in [5.74, 6) is -2.04. The maximum Gasteiger partial charge on any atom is 0.230 e. The molecule has 0 aromatic heterocycles. The molecule has 0 spiro atoms. The summed E-state index contributed by atoms with van der Waals surface area (Å²) < 4.78 is 0. The lowest BCUT2D eigenvalue weighted by Gasteiger charge is -2.25. The van der Waals surface area contributed by atoms with Gasteiger partial charge in [0.2, 0.25) is 11.8 Å². The van der Waals surface area contributed by atoms with E-state index in [1.807, 2.05) is 6.07 Å². The molecule has 1 aromatic rings. The minimum atomic E-state index is -0.642. The maximum absolute atomic E-state index is 12.6. The maximum atomic E-state index is 12.6. The van der Waals surface area contributed by atoms with Gasteiger partial charge in [-0.05, 0) is 23.6 Å². The molecule has 1 heterocycles. The Bertz CT molecular complexity index is 683. The van der Waals surface area contributed by atoms with Crippen molar-refractivity contribution in [3.8, 4) is 0 Å². The Kier molecular flexibility index (Phi) is 3.43. The molecule has 2 aliphatic rings. The second-order valence-electron chi connectivity index (χ2n) is 5.35. The number of rotatable bonds is 2. The van der Waals surface area contributed by atoms with Crippen LogP contribution in [-0.2, 0) is 16.1 Å². The van der Waals surface area contributed by atoms with Crippen molar-refractivity contribution in [2.45, 2.75) is 19.4 Å². The van der Waals surface area contributed by atoms with Crippen molar-refractivity contribution in [1.82, 2.24) is 5.32 Å². The predicted octanol–water partition coefficient (Wildman–Crippen LogP) is 0.729. The van der Waals surface area contributed by atoms with Crippen LogP contribution in [0.4, 0.5) is 0 Å². The van der Waals surface area contributed by atoms with Crippen molar-refractivity contribution in [3.63, 3.8) is 0 Å². The first-order valence-corrected chi connectivity index (χ1v) is 7.19. The number of carbonyl (C=O) groups excluding carboxylic acids is 3. The van der Waals surface area contributed by atoms with Crippen molar-refractivity contribution in [2.75, 3.05) is 0 Å². The van der Waals surface area contributed by atoms with Crippen molar-refractivity contribution in [3.05, 3.63) is 34.9 Å². The molecule has 3 N–H and O–H groups in total. The molecule has 2 unspecified atom stereocenters. The normalized spacial score (nSPS) is 25.0. The average molecular weight is 302 g/mol. The van der Waals surface area contributed by atoms with E-state index in [9.17, 15) is 14.4 Å². The highest BCUT2D eigenvalue weighted by Gasteiger charge is 2.45. The van der Waals surface area contributed by atoms with E-state index >= 15 is 0 Å². The molecule has 2 atom stereocenters. The summed E-state index contributed by atoms with van der Waals surface area (Å²) in [5.41, 5.74) is 7.70. The quantitative estimate of drug-likeness (QED) is 0.621. The number of carbonyl (C=O) groups is 3. The van der Waals surface area contributed by atoms with Gasteiger partial charge in [0.05, 0.1) is 11.8 Å². The number of Topliss-reactive ketones (excluding diaryl/α,β-unsaturated/α-hetero) is 1. The standard InChI is InChI=1S/C15H14N2O3S/c16-6-7-1-2-8-10(5-7)13(19)12(14(8)21)9-3-4-11(18)17-15(9)20/h1-2,5,9,12H,3-4,6,16H2,(H,17,18,20). The summed E-state index contributed by atoms with van der Waals surface area (Å²) in [4.78, 5) is 36.3. The van der Waals surface area contributed by atoms with Gasteiger partial charge in [-0.3, -0.25) is 19.7 Å². The topological polar surface area (TPSA) is 89.3 Å². The molecule has 5 nitrogen and oxygen atoms in total. The number of imide groups is 1. The zero-order valence-electron chi connectivity index (χ0n) is 11.2. The van der Waals surface area contributed by atoms with Crippen LogP contribution >= 0.6 is 12.2 Å². The Hall–Kier alpha value is -1.92. The van der Waals surface area contributed by atoms with Gasteiger partial charge in [-0.2, -0.15) is 0 Å². The van der Waals surface area contributed by atoms with E-state index in [2.05, 4.69) is 5.32 Å². The van der Waals surface area contributed by atoms with Crippen molar-refractivity contribution < 1.29 is 14.4 Å². The Morgan fingerprint density at radius 3 is 2.67 bits per heavy atom. The molecule has 1 aliphatic carbocycles. The van der Waals surface area contributed by atoms with Crippen LogP contribution in [0.3, 0.4) is 0 Å². The smallest absolute Gasteiger partial charge is 0.230 e. The number of hydrogen-bond acceptors (Lipinski definition) is 5. The Labute approximate surface area is 126 Å². The summed E-state index contributed by atoms with van der Waals surface area (Å²) >= 11 is 5.40. The summed E-state index contributed by atoms with van der Waals surface area (Å²) in [6.45, 7) is 0.344. The highest BCUT2D eigenvalue weighted by atomic mass is 32.1. The number of piperidine rings is 1. The molecular weight excluding hydrogens is 288 g/mol. The number of hydrogen-bond donors (Lipinski definition) is 2. The molecule has 1 aromatic carbocycles. The average Bonchev–Trinajstić information content (AvgIpc) is 2.71. The van der Waals surface area contributed by atoms with Crippen molar-refractivity contribution >= 4 is 34.7 Å². The molecule has 1 saturated heterocycles. The Morgan fingerprint density at radius 2 is 2.00 bits per heavy atom. The number of thiocarbonyl (C=S) groups is 1. The van der Waals surface area contributed by atoms with E-state index in [1.54, 1.807) is 12.1 Å². The number of benzene rings is 1. The first-order valence-electron chi connectivity index (χ1n) is 6.78. The van der Waals surface area contributed by atoms with Crippen LogP contribution < -0.4 is 11.1 Å². The van der Waals surface area contributed by atoms with Gasteiger partial charge in [-0.15, -0.1) is 0 Å². The van der Waals surface area contributed by atoms with E-state index in [0.717, 1.165) is 5.56 Å². The van der Waals surface area contributed by atoms with Crippen LogP contribution in [0.15, 0.2) is 18.2 Å². The van der Waals surface area contributed by atoms with Crippen LogP contribution in [0.5, 0.6) is 0 Å². The summed E-state index contributed by atoms with van der Waals surface area (Å²) in [7, 11) is 0. The number of nitrogens with two attached hydrogens (primary N) is 1. The fraction of sp³-hybridized carbons (Fsp3) is 0.333. The summed E-state index contributed by atoms with van der Waals surface area (Å²) in [6, 6.07) is 5.38. The molecule has 2 amide bonds. The fourth-order valence-electron chi connectivity index (χ4n) is 2.99. The SMILES string of the molecule is NCc1ccc2c(c1)C(=O)C(C1CCC(=O)NC1=O)C2=S. The lowest BCUT2D eigenvalue weighted by molar-refractivity contribution is -0.136. The molecule has 3 rings (SSSR count). The number of amides is 2. The van der Waals surface area contributed by atoms with E-state index in [-0.39, 0.29) is 18.1 Å². The molecule has 0 radical (unpaired) electrons. The third kappa shape index (κ3) is 2.20. The molecule has 21 heavy (non-hydrogen) atoms. The molecule has 1 aliphatic heterocycles. The fourth-order valence-corrected chi connectivity index (χ4v) is 3.43. The van der Waals surface area contributed by atoms with Gasteiger partial charge in [-0.25, -0.2) is 0 Å². The van der Waals surface area contributed by atoms with Gasteiger partial charge in [0.25, 0.3) is 0 Å². The van der Waals surface area contributed by atoms with Gasteiger partial charge >= 0.3 is 0 Å². The first-order chi connectivity index (χ1) is 10.0. The van der Waals surface area contributed by atoms with Crippen LogP contribution in [0, 0.1) is 11.8 Å². The van der Waals surface area contributed by atoms with Crippen LogP contribution in [0.2, 0.25) is 0 Å². The summed E-state index contributed by atoms with van der Waals surface area (Å²) in [6.07, 6.45) is 0.603. The minimum absolute atomic E-state index is 0.139. The van der Waals surface area contributed by atoms with Gasteiger partial charge in [-0.1, -0.05) is 24.4 Å². The van der Waals surface area contributed by atoms with E-state index in [0.29, 0.717) is 29.0 Å².